The van der Waals surface area contributed by atoms with Crippen molar-refractivity contribution in [1.29, 1.82) is 0 Å². The number of alkyl halides is 1. The number of piperidine rings is 1. The highest BCUT2D eigenvalue weighted by Crippen LogP contribution is 2.33. The van der Waals surface area contributed by atoms with E-state index in [9.17, 15) is 5.11 Å². The first kappa shape index (κ1) is 20.5. The van der Waals surface area contributed by atoms with Gasteiger partial charge in [-0.2, -0.15) is 5.10 Å². The van der Waals surface area contributed by atoms with E-state index in [2.05, 4.69) is 26.8 Å². The van der Waals surface area contributed by atoms with Crippen molar-refractivity contribution in [3.8, 4) is 11.8 Å². The third kappa shape index (κ3) is 4.41. The van der Waals surface area contributed by atoms with Crippen molar-refractivity contribution in [1.82, 2.24) is 19.7 Å². The number of hydrogen-bond acceptors (Lipinski definition) is 5. The van der Waals surface area contributed by atoms with Gasteiger partial charge >= 0.3 is 0 Å². The molecule has 0 unspecified atom stereocenters. The fourth-order valence-corrected chi connectivity index (χ4v) is 4.17. The maximum atomic E-state index is 15.1. The summed E-state index contributed by atoms with van der Waals surface area (Å²) in [5, 5.41) is 15.8. The lowest BCUT2D eigenvalue weighted by molar-refractivity contribution is -0.0263. The lowest BCUT2D eigenvalue weighted by Crippen LogP contribution is -2.38. The third-order valence-corrected chi connectivity index (χ3v) is 6.37. The van der Waals surface area contributed by atoms with Gasteiger partial charge in [-0.05, 0) is 25.8 Å². The Hall–Kier alpha value is -1.72. The van der Waals surface area contributed by atoms with E-state index in [0.717, 1.165) is 23.7 Å². The molecule has 2 aliphatic rings. The minimum atomic E-state index is -1.49. The van der Waals surface area contributed by atoms with Gasteiger partial charge in [-0.1, -0.05) is 17.5 Å². The molecule has 2 aromatic heterocycles. The van der Waals surface area contributed by atoms with Crippen LogP contribution >= 0.6 is 11.6 Å². The first-order valence-corrected chi connectivity index (χ1v) is 10.4. The molecule has 0 spiro atoms. The Morgan fingerprint density at radius 1 is 1.28 bits per heavy atom. The van der Waals surface area contributed by atoms with Crippen LogP contribution in [-0.2, 0) is 11.3 Å². The molecule has 0 saturated carbocycles. The normalized spacial score (nSPS) is 21.7. The largest absolute Gasteiger partial charge is 0.396 e. The van der Waals surface area contributed by atoms with E-state index >= 15 is 4.39 Å². The van der Waals surface area contributed by atoms with Crippen molar-refractivity contribution in [2.45, 2.75) is 37.9 Å². The lowest BCUT2D eigenvalue weighted by atomic mass is 9.81. The van der Waals surface area contributed by atoms with Crippen molar-refractivity contribution in [2.24, 2.45) is 5.41 Å². The number of ether oxygens (including phenoxy) is 1. The van der Waals surface area contributed by atoms with E-state index in [0.29, 0.717) is 56.5 Å². The Morgan fingerprint density at radius 2 is 2.00 bits per heavy atom. The number of rotatable bonds is 3. The highest BCUT2D eigenvalue weighted by molar-refractivity contribution is 6.30. The molecule has 2 saturated heterocycles. The van der Waals surface area contributed by atoms with Gasteiger partial charge in [-0.3, -0.25) is 4.68 Å². The first-order valence-electron chi connectivity index (χ1n) is 10.0. The molecule has 0 aromatic carbocycles. The molecule has 2 aromatic rings. The molecule has 156 valence electrons. The smallest absolute Gasteiger partial charge is 0.173 e. The first-order chi connectivity index (χ1) is 13.9. The van der Waals surface area contributed by atoms with Crippen LogP contribution in [0.2, 0.25) is 5.15 Å². The van der Waals surface area contributed by atoms with E-state index in [1.165, 1.54) is 0 Å². The second-order valence-corrected chi connectivity index (χ2v) is 8.71. The quantitative estimate of drug-likeness (QED) is 0.611. The van der Waals surface area contributed by atoms with Gasteiger partial charge in [-0.25, -0.2) is 9.37 Å². The standard InChI is InChI=1S/C21H26ClFN4O2/c1-26-8-4-21(23,5-9-26)3-2-17-16-13-24-19(22)12-18(16)27(25-17)14-20(15-28)6-10-29-11-7-20/h12-13,28H,4-11,14-15H2,1H3. The van der Waals surface area contributed by atoms with Crippen LogP contribution in [0.15, 0.2) is 12.3 Å². The van der Waals surface area contributed by atoms with E-state index in [-0.39, 0.29) is 12.0 Å². The summed E-state index contributed by atoms with van der Waals surface area (Å²) in [6.07, 6.45) is 3.94. The minimum Gasteiger partial charge on any atom is -0.396 e. The summed E-state index contributed by atoms with van der Waals surface area (Å²) in [4.78, 5) is 6.27. The van der Waals surface area contributed by atoms with Crippen molar-refractivity contribution in [3.63, 3.8) is 0 Å². The molecule has 0 atom stereocenters. The average molecular weight is 421 g/mol. The SMILES string of the molecule is CN1CCC(F)(C#Cc2nn(CC3(CO)CCOCC3)c3cc(Cl)ncc23)CC1. The molecule has 2 fully saturated rings. The Labute approximate surface area is 175 Å². The van der Waals surface area contributed by atoms with E-state index in [4.69, 9.17) is 16.3 Å². The molecule has 8 heteroatoms. The second kappa shape index (κ2) is 8.19. The zero-order valence-corrected chi connectivity index (χ0v) is 17.4. The van der Waals surface area contributed by atoms with Crippen LogP contribution in [0.3, 0.4) is 0 Å². The molecular formula is C21H26ClFN4O2. The maximum absolute atomic E-state index is 15.1. The molecule has 0 radical (unpaired) electrons. The van der Waals surface area contributed by atoms with Gasteiger partial charge in [0.1, 0.15) is 10.8 Å². The molecule has 1 N–H and O–H groups in total. The molecule has 0 aliphatic carbocycles. The Bertz CT molecular complexity index is 937. The Kier molecular flexibility index (Phi) is 5.80. The number of aliphatic hydroxyl groups excluding tert-OH is 1. The predicted octanol–water partition coefficient (Wildman–Crippen LogP) is 2.66. The number of pyridine rings is 1. The molecule has 4 heterocycles. The molecular weight excluding hydrogens is 395 g/mol. The van der Waals surface area contributed by atoms with Crippen LogP contribution in [-0.4, -0.2) is 70.4 Å². The van der Waals surface area contributed by atoms with Gasteiger partial charge in [0.15, 0.2) is 5.67 Å². The zero-order valence-electron chi connectivity index (χ0n) is 16.6. The number of aliphatic hydroxyl groups is 1. The number of likely N-dealkylation sites (tertiary alicyclic amines) is 1. The van der Waals surface area contributed by atoms with Crippen LogP contribution in [0.4, 0.5) is 4.39 Å². The Balaban J connectivity index is 1.68. The summed E-state index contributed by atoms with van der Waals surface area (Å²) >= 11 is 6.12. The maximum Gasteiger partial charge on any atom is 0.173 e. The molecule has 0 bridgehead atoms. The summed E-state index contributed by atoms with van der Waals surface area (Å²) in [7, 11) is 1.99. The van der Waals surface area contributed by atoms with Crippen LogP contribution in [0.25, 0.3) is 10.9 Å². The van der Waals surface area contributed by atoms with Crippen molar-refractivity contribution in [2.75, 3.05) is 40.0 Å². The number of nitrogens with zero attached hydrogens (tertiary/aromatic N) is 4. The number of aromatic nitrogens is 3. The number of hydrogen-bond donors (Lipinski definition) is 1. The fraction of sp³-hybridized carbons (Fsp3) is 0.619. The lowest BCUT2D eigenvalue weighted by Gasteiger charge is -2.35. The average Bonchev–Trinajstić information content (AvgIpc) is 3.06. The number of halogens is 2. The van der Waals surface area contributed by atoms with Gasteiger partial charge in [0.2, 0.25) is 0 Å². The predicted molar refractivity (Wildman–Crippen MR) is 110 cm³/mol. The summed E-state index contributed by atoms with van der Waals surface area (Å²) in [6, 6.07) is 1.75. The molecule has 2 aliphatic heterocycles. The third-order valence-electron chi connectivity index (χ3n) is 6.16. The van der Waals surface area contributed by atoms with Crippen LogP contribution in [0, 0.1) is 17.3 Å². The van der Waals surface area contributed by atoms with Crippen LogP contribution in [0.1, 0.15) is 31.4 Å². The van der Waals surface area contributed by atoms with Crippen LogP contribution < -0.4 is 0 Å². The Morgan fingerprint density at radius 3 is 2.69 bits per heavy atom. The fourth-order valence-electron chi connectivity index (χ4n) is 4.02. The topological polar surface area (TPSA) is 63.4 Å². The van der Waals surface area contributed by atoms with E-state index in [1.54, 1.807) is 12.3 Å². The van der Waals surface area contributed by atoms with Crippen LogP contribution in [0.5, 0.6) is 0 Å². The molecule has 0 amide bonds. The monoisotopic (exact) mass is 420 g/mol. The summed E-state index contributed by atoms with van der Waals surface area (Å²) in [5.74, 6) is 5.81. The van der Waals surface area contributed by atoms with Gasteiger partial charge in [0.25, 0.3) is 0 Å². The minimum absolute atomic E-state index is 0.0542. The molecule has 6 nitrogen and oxygen atoms in total. The van der Waals surface area contributed by atoms with Gasteiger partial charge in [0, 0.05) is 63.4 Å². The van der Waals surface area contributed by atoms with Gasteiger partial charge in [-0.15, -0.1) is 0 Å². The number of fused-ring (bicyclic) bond motifs is 1. The zero-order chi connectivity index (χ0) is 20.5. The molecule has 29 heavy (non-hydrogen) atoms. The summed E-state index contributed by atoms with van der Waals surface area (Å²) < 4.78 is 22.4. The van der Waals surface area contributed by atoms with E-state index < -0.39 is 5.67 Å². The highest BCUT2D eigenvalue weighted by Gasteiger charge is 2.34. The molecule has 4 rings (SSSR count). The van der Waals surface area contributed by atoms with Crippen molar-refractivity contribution >= 4 is 22.5 Å². The van der Waals surface area contributed by atoms with Gasteiger partial charge in [0.05, 0.1) is 17.5 Å². The summed E-state index contributed by atoms with van der Waals surface area (Å²) in [6.45, 7) is 3.20. The van der Waals surface area contributed by atoms with E-state index in [1.807, 2.05) is 11.7 Å². The highest BCUT2D eigenvalue weighted by atomic mass is 35.5. The van der Waals surface area contributed by atoms with Gasteiger partial charge < -0.3 is 14.7 Å². The second-order valence-electron chi connectivity index (χ2n) is 8.32. The van der Waals surface area contributed by atoms with Crippen molar-refractivity contribution in [3.05, 3.63) is 23.1 Å². The van der Waals surface area contributed by atoms with Crippen molar-refractivity contribution < 1.29 is 14.2 Å². The summed E-state index contributed by atoms with van der Waals surface area (Å²) in [5.41, 5.74) is -0.493.